The van der Waals surface area contributed by atoms with Gasteiger partial charge in [0.15, 0.2) is 0 Å². The zero-order valence-corrected chi connectivity index (χ0v) is 30.1. The maximum absolute atomic E-state index is 3.52. The summed E-state index contributed by atoms with van der Waals surface area (Å²) in [5, 5.41) is 0.516. The molecule has 0 aliphatic heterocycles. The molecule has 0 fully saturated rings. The highest BCUT2D eigenvalue weighted by Gasteiger charge is 2.32. The number of halogens is 1. The number of hydrogen-bond donors (Lipinski definition) is 0. The first-order valence-electron chi connectivity index (χ1n) is 17.4. The van der Waals surface area contributed by atoms with Gasteiger partial charge < -0.3 is 0 Å². The van der Waals surface area contributed by atoms with E-state index in [1.807, 2.05) is 0 Å². The van der Waals surface area contributed by atoms with Crippen LogP contribution in [0.5, 0.6) is 0 Å². The molecular formula is C35H74IP. The monoisotopic (exact) mass is 652 g/mol. The Morgan fingerprint density at radius 3 is 0.919 bits per heavy atom. The maximum atomic E-state index is 3.52. The molecule has 2 atom stereocenters. The van der Waals surface area contributed by atoms with E-state index in [9.17, 15) is 0 Å². The summed E-state index contributed by atoms with van der Waals surface area (Å²) in [6.45, 7) is 9.36. The Balaban J connectivity index is 0. The highest BCUT2D eigenvalue weighted by Crippen LogP contribution is 2.44. The second-order valence-corrected chi connectivity index (χ2v) is 13.6. The smallest absolute Gasteiger partial charge is 0.0122 e. The van der Waals surface area contributed by atoms with Crippen LogP contribution in [-0.4, -0.2) is 5.16 Å². The van der Waals surface area contributed by atoms with E-state index in [1.54, 1.807) is 0 Å². The van der Waals surface area contributed by atoms with Gasteiger partial charge in [-0.1, -0.05) is 188 Å². The Morgan fingerprint density at radius 2 is 0.622 bits per heavy atom. The van der Waals surface area contributed by atoms with Crippen molar-refractivity contribution in [2.75, 3.05) is 0 Å². The molecule has 2 unspecified atom stereocenters. The molecule has 0 amide bonds. The van der Waals surface area contributed by atoms with E-state index in [1.165, 1.54) is 186 Å². The molecule has 0 nitrogen and oxygen atoms in total. The van der Waals surface area contributed by atoms with Crippen LogP contribution in [0.15, 0.2) is 0 Å². The average molecular weight is 653 g/mol. The zero-order chi connectivity index (χ0) is 26.6. The zero-order valence-electron chi connectivity index (χ0n) is 26.6. The van der Waals surface area contributed by atoms with Gasteiger partial charge in [0.2, 0.25) is 0 Å². The molecule has 0 N–H and O–H groups in total. The molecule has 2 heteroatoms. The molecule has 226 valence electrons. The van der Waals surface area contributed by atoms with E-state index in [-0.39, 0.29) is 24.0 Å². The number of hydrogen-bond acceptors (Lipinski definition) is 0. The summed E-state index contributed by atoms with van der Waals surface area (Å²) in [7, 11) is 3.52. The lowest BCUT2D eigenvalue weighted by Crippen LogP contribution is -2.32. The highest BCUT2D eigenvalue weighted by molar-refractivity contribution is 14.0. The van der Waals surface area contributed by atoms with Crippen molar-refractivity contribution in [1.29, 1.82) is 0 Å². The maximum Gasteiger partial charge on any atom is -0.0122 e. The van der Waals surface area contributed by atoms with Crippen LogP contribution >= 0.6 is 33.2 Å². The van der Waals surface area contributed by atoms with Gasteiger partial charge in [-0.15, -0.1) is 33.2 Å². The SMILES string of the molecule is CCCCCCCCCCCCC(CCCCCCC)C(P)(CCCCCCC)CCCCCCC.I. The molecule has 0 aliphatic carbocycles. The van der Waals surface area contributed by atoms with E-state index in [2.05, 4.69) is 36.9 Å². The first-order valence-corrected chi connectivity index (χ1v) is 18.0. The molecular weight excluding hydrogens is 578 g/mol. The minimum atomic E-state index is 0. The van der Waals surface area contributed by atoms with Crippen molar-refractivity contribution >= 4 is 33.2 Å². The summed E-state index contributed by atoms with van der Waals surface area (Å²) in [5.74, 6) is 0.940. The first kappa shape index (κ1) is 40.3. The van der Waals surface area contributed by atoms with Gasteiger partial charge in [0.05, 0.1) is 0 Å². The van der Waals surface area contributed by atoms with Crippen LogP contribution in [0, 0.1) is 5.92 Å². The Labute approximate surface area is 257 Å². The largest absolute Gasteiger partial charge is 0.131 e. The summed E-state index contributed by atoms with van der Waals surface area (Å²) >= 11 is 0. The third kappa shape index (κ3) is 25.8. The van der Waals surface area contributed by atoms with Crippen molar-refractivity contribution in [3.05, 3.63) is 0 Å². The minimum absolute atomic E-state index is 0. The van der Waals surface area contributed by atoms with Gasteiger partial charge >= 0.3 is 0 Å². The standard InChI is InChI=1S/C35H73P.HI/c1-5-9-13-17-18-19-20-21-23-27-31-34(30-26-22-14-10-6-2)35(36,32-28-24-15-11-7-3)33-29-25-16-12-8-4;/h34H,5-33,36H2,1-4H3;1H. The predicted molar refractivity (Wildman–Crippen MR) is 188 cm³/mol. The van der Waals surface area contributed by atoms with Crippen LogP contribution in [0.4, 0.5) is 0 Å². The molecule has 0 bridgehead atoms. The average Bonchev–Trinajstić information content (AvgIpc) is 2.88. The van der Waals surface area contributed by atoms with Crippen LogP contribution in [-0.2, 0) is 0 Å². The summed E-state index contributed by atoms with van der Waals surface area (Å²) in [5.41, 5.74) is 0. The van der Waals surface area contributed by atoms with Gasteiger partial charge in [-0.3, -0.25) is 0 Å². The fourth-order valence-electron chi connectivity index (χ4n) is 6.24. The highest BCUT2D eigenvalue weighted by atomic mass is 127. The lowest BCUT2D eigenvalue weighted by atomic mass is 9.77. The Kier molecular flexibility index (Phi) is 34.5. The van der Waals surface area contributed by atoms with Crippen molar-refractivity contribution in [2.45, 2.75) is 219 Å². The van der Waals surface area contributed by atoms with Gasteiger partial charge in [0.25, 0.3) is 0 Å². The lowest BCUT2D eigenvalue weighted by Gasteiger charge is -2.39. The van der Waals surface area contributed by atoms with Crippen LogP contribution in [0.2, 0.25) is 0 Å². The van der Waals surface area contributed by atoms with E-state index in [0.717, 1.165) is 5.92 Å². The molecule has 0 spiro atoms. The second kappa shape index (κ2) is 31.7. The molecule has 0 heterocycles. The van der Waals surface area contributed by atoms with Crippen LogP contribution in [0.1, 0.15) is 214 Å². The van der Waals surface area contributed by atoms with Gasteiger partial charge in [-0.2, -0.15) is 0 Å². The van der Waals surface area contributed by atoms with Gasteiger partial charge in [0.1, 0.15) is 0 Å². The minimum Gasteiger partial charge on any atom is -0.131 e. The van der Waals surface area contributed by atoms with E-state index in [0.29, 0.717) is 5.16 Å². The molecule has 0 rings (SSSR count). The third-order valence-corrected chi connectivity index (χ3v) is 9.92. The summed E-state index contributed by atoms with van der Waals surface area (Å²) < 4.78 is 0. The first-order chi connectivity index (χ1) is 17.6. The Hall–Kier alpha value is 1.16. The molecule has 0 radical (unpaired) electrons. The second-order valence-electron chi connectivity index (χ2n) is 12.4. The summed E-state index contributed by atoms with van der Waals surface area (Å²) in [4.78, 5) is 0. The van der Waals surface area contributed by atoms with E-state index in [4.69, 9.17) is 0 Å². The summed E-state index contributed by atoms with van der Waals surface area (Å²) in [6, 6.07) is 0. The fourth-order valence-corrected chi connectivity index (χ4v) is 6.98. The van der Waals surface area contributed by atoms with E-state index < -0.39 is 0 Å². The van der Waals surface area contributed by atoms with Crippen molar-refractivity contribution in [2.24, 2.45) is 5.92 Å². The van der Waals surface area contributed by atoms with Crippen LogP contribution < -0.4 is 0 Å². The molecule has 37 heavy (non-hydrogen) atoms. The fraction of sp³-hybridized carbons (Fsp3) is 1.00. The number of unbranched alkanes of at least 4 members (excludes halogenated alkanes) is 21. The lowest BCUT2D eigenvalue weighted by molar-refractivity contribution is 0.269. The van der Waals surface area contributed by atoms with E-state index >= 15 is 0 Å². The van der Waals surface area contributed by atoms with Gasteiger partial charge in [-0.25, -0.2) is 0 Å². The Bertz CT molecular complexity index is 396. The number of rotatable bonds is 30. The molecule has 0 aromatic carbocycles. The molecule has 0 aromatic rings. The van der Waals surface area contributed by atoms with Crippen molar-refractivity contribution in [3.8, 4) is 0 Å². The normalized spacial score (nSPS) is 12.6. The molecule has 0 aliphatic rings. The summed E-state index contributed by atoms with van der Waals surface area (Å²) in [6.07, 6.45) is 42.1. The molecule has 0 aromatic heterocycles. The van der Waals surface area contributed by atoms with Crippen LogP contribution in [0.3, 0.4) is 0 Å². The van der Waals surface area contributed by atoms with Crippen LogP contribution in [0.25, 0.3) is 0 Å². The Morgan fingerprint density at radius 1 is 0.378 bits per heavy atom. The molecule has 0 saturated carbocycles. The topological polar surface area (TPSA) is 0 Å². The predicted octanol–water partition coefficient (Wildman–Crippen LogP) is 14.2. The molecule has 0 saturated heterocycles. The third-order valence-electron chi connectivity index (χ3n) is 8.87. The van der Waals surface area contributed by atoms with Crippen molar-refractivity contribution in [3.63, 3.8) is 0 Å². The van der Waals surface area contributed by atoms with Crippen molar-refractivity contribution < 1.29 is 0 Å². The van der Waals surface area contributed by atoms with Gasteiger partial charge in [-0.05, 0) is 36.8 Å². The van der Waals surface area contributed by atoms with Gasteiger partial charge in [0, 0.05) is 0 Å². The van der Waals surface area contributed by atoms with Crippen molar-refractivity contribution in [1.82, 2.24) is 0 Å². The quantitative estimate of drug-likeness (QED) is 0.0411.